The van der Waals surface area contributed by atoms with Gasteiger partial charge in [0.05, 0.1) is 11.1 Å². The van der Waals surface area contributed by atoms with Crippen molar-refractivity contribution in [1.29, 1.82) is 0 Å². The van der Waals surface area contributed by atoms with Gasteiger partial charge in [-0.2, -0.15) is 26.3 Å². The van der Waals surface area contributed by atoms with Crippen LogP contribution in [0.25, 0.3) is 0 Å². The summed E-state index contributed by atoms with van der Waals surface area (Å²) in [6, 6.07) is 8.88. The van der Waals surface area contributed by atoms with Gasteiger partial charge in [-0.25, -0.2) is 4.98 Å². The van der Waals surface area contributed by atoms with Gasteiger partial charge in [0, 0.05) is 17.6 Å². The lowest BCUT2D eigenvalue weighted by Gasteiger charge is -2.09. The number of anilines is 2. The first-order valence-electron chi connectivity index (χ1n) is 8.36. The molecule has 3 aromatic rings. The number of alkyl halides is 6. The van der Waals surface area contributed by atoms with Crippen LogP contribution in [-0.4, -0.2) is 10.9 Å². The molecule has 3 rings (SSSR count). The van der Waals surface area contributed by atoms with Crippen molar-refractivity contribution in [2.75, 3.05) is 5.32 Å². The monoisotopic (exact) mass is 445 g/mol. The van der Waals surface area contributed by atoms with Gasteiger partial charge in [-0.15, -0.1) is 11.3 Å². The van der Waals surface area contributed by atoms with Gasteiger partial charge < -0.3 is 10.6 Å². The molecule has 0 aliphatic rings. The van der Waals surface area contributed by atoms with Crippen molar-refractivity contribution in [3.05, 3.63) is 76.3 Å². The van der Waals surface area contributed by atoms with E-state index in [4.69, 9.17) is 0 Å². The highest BCUT2D eigenvalue weighted by atomic mass is 32.1. The zero-order valence-corrected chi connectivity index (χ0v) is 15.8. The maximum Gasteiger partial charge on any atom is 0.416 e. The molecule has 0 unspecified atom stereocenters. The van der Waals surface area contributed by atoms with Crippen molar-refractivity contribution < 1.29 is 31.1 Å². The Bertz CT molecular complexity index is 1030. The van der Waals surface area contributed by atoms with Crippen molar-refractivity contribution in [3.63, 3.8) is 0 Å². The van der Waals surface area contributed by atoms with Gasteiger partial charge in [0.2, 0.25) is 0 Å². The summed E-state index contributed by atoms with van der Waals surface area (Å²) in [5.41, 5.74) is -0.945. The van der Waals surface area contributed by atoms with E-state index in [0.717, 1.165) is 35.6 Å². The SMILES string of the molecule is O=C(NCc1cccc(C(F)(F)F)c1)c1csc(Nc2ccc(C(F)(F)F)cc2)n1. The average molecular weight is 445 g/mol. The third-order valence-corrected chi connectivity index (χ3v) is 4.67. The molecule has 0 radical (unpaired) electrons. The zero-order valence-electron chi connectivity index (χ0n) is 14.9. The number of rotatable bonds is 5. The Kier molecular flexibility index (Phi) is 6.01. The summed E-state index contributed by atoms with van der Waals surface area (Å²) < 4.78 is 76.0. The Morgan fingerprint density at radius 1 is 0.933 bits per heavy atom. The molecule has 158 valence electrons. The van der Waals surface area contributed by atoms with E-state index in [1.165, 1.54) is 29.6 Å². The quantitative estimate of drug-likeness (QED) is 0.484. The van der Waals surface area contributed by atoms with Crippen LogP contribution in [-0.2, 0) is 18.9 Å². The van der Waals surface area contributed by atoms with E-state index >= 15 is 0 Å². The minimum atomic E-state index is -4.48. The number of benzene rings is 2. The Balaban J connectivity index is 1.60. The standard InChI is InChI=1S/C19H13F6N3OS/c20-18(21,22)12-4-6-14(7-5-12)27-17-28-15(10-30-17)16(29)26-9-11-2-1-3-13(8-11)19(23,24)25/h1-8,10H,9H2,(H,26,29)(H,27,28). The molecule has 0 spiro atoms. The molecule has 1 aromatic heterocycles. The summed E-state index contributed by atoms with van der Waals surface area (Å²) in [4.78, 5) is 16.2. The molecule has 4 nitrogen and oxygen atoms in total. The summed E-state index contributed by atoms with van der Waals surface area (Å²) in [6.07, 6.45) is -8.92. The molecule has 2 N–H and O–H groups in total. The van der Waals surface area contributed by atoms with Gasteiger partial charge in [0.25, 0.3) is 5.91 Å². The molecule has 11 heteroatoms. The van der Waals surface area contributed by atoms with Gasteiger partial charge in [-0.05, 0) is 42.0 Å². The number of nitrogens with zero attached hydrogens (tertiary/aromatic N) is 1. The molecule has 0 bridgehead atoms. The van der Waals surface area contributed by atoms with E-state index in [9.17, 15) is 31.1 Å². The third kappa shape index (κ3) is 5.50. The van der Waals surface area contributed by atoms with E-state index in [-0.39, 0.29) is 22.9 Å². The molecular formula is C19H13F6N3OS. The summed E-state index contributed by atoms with van der Waals surface area (Å²) in [5, 5.41) is 6.97. The Morgan fingerprint density at radius 2 is 1.60 bits per heavy atom. The Morgan fingerprint density at radius 3 is 2.23 bits per heavy atom. The van der Waals surface area contributed by atoms with E-state index < -0.39 is 29.4 Å². The Labute approximate surface area is 170 Å². The van der Waals surface area contributed by atoms with Gasteiger partial charge in [0.1, 0.15) is 5.69 Å². The first-order chi connectivity index (χ1) is 14.0. The second kappa shape index (κ2) is 8.34. The van der Waals surface area contributed by atoms with Crippen LogP contribution >= 0.6 is 11.3 Å². The van der Waals surface area contributed by atoms with Gasteiger partial charge >= 0.3 is 12.4 Å². The van der Waals surface area contributed by atoms with Crippen LogP contribution < -0.4 is 10.6 Å². The fourth-order valence-electron chi connectivity index (χ4n) is 2.43. The second-order valence-corrected chi connectivity index (χ2v) is 6.98. The molecule has 0 atom stereocenters. The average Bonchev–Trinajstić information content (AvgIpc) is 3.14. The fourth-order valence-corrected chi connectivity index (χ4v) is 3.14. The molecule has 2 aromatic carbocycles. The van der Waals surface area contributed by atoms with Crippen LogP contribution in [0.15, 0.2) is 53.9 Å². The van der Waals surface area contributed by atoms with Crippen LogP contribution in [0.2, 0.25) is 0 Å². The maximum atomic E-state index is 12.7. The minimum absolute atomic E-state index is 0.0291. The van der Waals surface area contributed by atoms with Gasteiger partial charge in [0.15, 0.2) is 5.13 Å². The summed E-state index contributed by atoms with van der Waals surface area (Å²) in [6.45, 7) is -0.123. The highest BCUT2D eigenvalue weighted by Gasteiger charge is 2.31. The first kappa shape index (κ1) is 21.6. The number of halogens is 6. The molecule has 1 heterocycles. The number of hydrogen-bond donors (Lipinski definition) is 2. The van der Waals surface area contributed by atoms with Crippen molar-refractivity contribution in [3.8, 4) is 0 Å². The lowest BCUT2D eigenvalue weighted by molar-refractivity contribution is -0.138. The first-order valence-corrected chi connectivity index (χ1v) is 9.24. The molecule has 0 aliphatic heterocycles. The largest absolute Gasteiger partial charge is 0.416 e. The van der Waals surface area contributed by atoms with Gasteiger partial charge in [-0.1, -0.05) is 12.1 Å². The molecule has 0 fully saturated rings. The zero-order chi connectivity index (χ0) is 21.9. The van der Waals surface area contributed by atoms with E-state index in [2.05, 4.69) is 15.6 Å². The van der Waals surface area contributed by atoms with Gasteiger partial charge in [-0.3, -0.25) is 4.79 Å². The smallest absolute Gasteiger partial charge is 0.347 e. The van der Waals surface area contributed by atoms with Crippen LogP contribution in [0.5, 0.6) is 0 Å². The molecular weight excluding hydrogens is 432 g/mol. The summed E-state index contributed by atoms with van der Waals surface area (Å²) in [5.74, 6) is -0.593. The predicted molar refractivity (Wildman–Crippen MR) is 99.5 cm³/mol. The molecule has 0 saturated carbocycles. The van der Waals surface area contributed by atoms with Crippen LogP contribution in [0.4, 0.5) is 37.2 Å². The topological polar surface area (TPSA) is 54.0 Å². The normalized spacial score (nSPS) is 11.9. The lowest BCUT2D eigenvalue weighted by atomic mass is 10.1. The van der Waals surface area contributed by atoms with E-state index in [0.29, 0.717) is 5.69 Å². The summed E-state index contributed by atoms with van der Waals surface area (Å²) >= 11 is 1.06. The van der Waals surface area contributed by atoms with Crippen molar-refractivity contribution in [2.24, 2.45) is 0 Å². The third-order valence-electron chi connectivity index (χ3n) is 3.91. The van der Waals surface area contributed by atoms with Crippen LogP contribution in [0.3, 0.4) is 0 Å². The van der Waals surface area contributed by atoms with E-state index in [1.807, 2.05) is 0 Å². The second-order valence-electron chi connectivity index (χ2n) is 6.12. The van der Waals surface area contributed by atoms with Crippen molar-refractivity contribution >= 4 is 28.1 Å². The fraction of sp³-hybridized carbons (Fsp3) is 0.158. The lowest BCUT2D eigenvalue weighted by Crippen LogP contribution is -2.23. The number of nitrogens with one attached hydrogen (secondary N) is 2. The van der Waals surface area contributed by atoms with Crippen molar-refractivity contribution in [2.45, 2.75) is 18.9 Å². The maximum absolute atomic E-state index is 12.7. The number of amides is 1. The summed E-state index contributed by atoms with van der Waals surface area (Å²) in [7, 11) is 0. The number of carbonyl (C=O) groups is 1. The number of aromatic nitrogens is 1. The van der Waals surface area contributed by atoms with E-state index in [1.54, 1.807) is 0 Å². The van der Waals surface area contributed by atoms with Crippen LogP contribution in [0.1, 0.15) is 27.2 Å². The highest BCUT2D eigenvalue weighted by Crippen LogP contribution is 2.31. The van der Waals surface area contributed by atoms with Crippen LogP contribution in [0, 0.1) is 0 Å². The molecule has 30 heavy (non-hydrogen) atoms. The highest BCUT2D eigenvalue weighted by molar-refractivity contribution is 7.14. The Hall–Kier alpha value is -3.08. The predicted octanol–water partition coefficient (Wildman–Crippen LogP) is 5.85. The number of thiazole rings is 1. The number of hydrogen-bond acceptors (Lipinski definition) is 4. The molecule has 0 aliphatic carbocycles. The molecule has 0 saturated heterocycles. The van der Waals surface area contributed by atoms with Crippen molar-refractivity contribution in [1.82, 2.24) is 10.3 Å². The molecule has 1 amide bonds. The number of carbonyl (C=O) groups excluding carboxylic acids is 1. The minimum Gasteiger partial charge on any atom is -0.347 e.